The molecule has 3 nitrogen and oxygen atoms in total. The summed E-state index contributed by atoms with van der Waals surface area (Å²) >= 11 is 0. The second kappa shape index (κ2) is 5.72. The van der Waals surface area contributed by atoms with Gasteiger partial charge in [-0.05, 0) is 37.5 Å². The van der Waals surface area contributed by atoms with Crippen LogP contribution >= 0.6 is 0 Å². The van der Waals surface area contributed by atoms with Gasteiger partial charge in [-0.25, -0.2) is 0 Å². The van der Waals surface area contributed by atoms with E-state index in [0.29, 0.717) is 0 Å². The number of anilines is 1. The Labute approximate surface area is 110 Å². The Bertz CT molecular complexity index is 367. The number of hydrogen-bond acceptors (Lipinski definition) is 3. The predicted molar refractivity (Wildman–Crippen MR) is 76.1 cm³/mol. The average Bonchev–Trinajstić information content (AvgIpc) is 2.77. The second-order valence-electron chi connectivity index (χ2n) is 5.57. The van der Waals surface area contributed by atoms with Crippen molar-refractivity contribution in [1.82, 2.24) is 5.32 Å². The van der Waals surface area contributed by atoms with Gasteiger partial charge in [0.15, 0.2) is 0 Å². The highest BCUT2D eigenvalue weighted by atomic mass is 16.5. The molecule has 0 aliphatic carbocycles. The van der Waals surface area contributed by atoms with Gasteiger partial charge in [-0.3, -0.25) is 0 Å². The number of benzene rings is 1. The highest BCUT2D eigenvalue weighted by Gasteiger charge is 2.28. The van der Waals surface area contributed by atoms with Crippen molar-refractivity contribution in [2.75, 3.05) is 32.1 Å². The van der Waals surface area contributed by atoms with Gasteiger partial charge in [0.1, 0.15) is 0 Å². The Balaban J connectivity index is 1.79. The van der Waals surface area contributed by atoms with Gasteiger partial charge in [0.25, 0.3) is 0 Å². The predicted octanol–water partition coefficient (Wildman–Crippen LogP) is 2.41. The minimum Gasteiger partial charge on any atom is -0.378 e. The molecule has 0 aromatic heterocycles. The van der Waals surface area contributed by atoms with E-state index in [1.165, 1.54) is 24.1 Å². The van der Waals surface area contributed by atoms with Gasteiger partial charge in [-0.2, -0.15) is 0 Å². The molecule has 1 heterocycles. The van der Waals surface area contributed by atoms with E-state index in [1.54, 1.807) is 0 Å². The first kappa shape index (κ1) is 13.4. The Kier molecular flexibility index (Phi) is 4.25. The zero-order valence-corrected chi connectivity index (χ0v) is 11.7. The van der Waals surface area contributed by atoms with Crippen molar-refractivity contribution >= 4 is 5.69 Å². The standard InChI is InChI=1S/C15H24N2O/c1-15(9-4-10-18-15)12-16-11-13-5-7-14(8-6-13)17(2)3/h5-8,16H,4,9-12H2,1-3H3. The summed E-state index contributed by atoms with van der Waals surface area (Å²) in [5, 5.41) is 3.49. The monoisotopic (exact) mass is 248 g/mol. The normalized spacial score (nSPS) is 23.3. The highest BCUT2D eigenvalue weighted by molar-refractivity contribution is 5.45. The van der Waals surface area contributed by atoms with Crippen LogP contribution in [0.5, 0.6) is 0 Å². The molecule has 1 fully saturated rings. The lowest BCUT2D eigenvalue weighted by Crippen LogP contribution is -2.36. The molecule has 0 amide bonds. The maximum atomic E-state index is 5.76. The van der Waals surface area contributed by atoms with E-state index in [1.807, 2.05) is 0 Å². The number of nitrogens with zero attached hydrogens (tertiary/aromatic N) is 1. The lowest BCUT2D eigenvalue weighted by atomic mass is 10.0. The van der Waals surface area contributed by atoms with E-state index >= 15 is 0 Å². The van der Waals surface area contributed by atoms with Gasteiger partial charge in [0, 0.05) is 39.5 Å². The van der Waals surface area contributed by atoms with E-state index in [9.17, 15) is 0 Å². The summed E-state index contributed by atoms with van der Waals surface area (Å²) in [6.45, 7) is 4.95. The Morgan fingerprint density at radius 1 is 1.28 bits per heavy atom. The van der Waals surface area contributed by atoms with Crippen LogP contribution in [0, 0.1) is 0 Å². The molecule has 1 atom stereocenters. The van der Waals surface area contributed by atoms with Crippen molar-refractivity contribution in [3.8, 4) is 0 Å². The molecular formula is C15H24N2O. The Morgan fingerprint density at radius 2 is 2.00 bits per heavy atom. The number of nitrogens with one attached hydrogen (secondary N) is 1. The number of rotatable bonds is 5. The first-order chi connectivity index (χ1) is 8.59. The van der Waals surface area contributed by atoms with E-state index in [4.69, 9.17) is 4.74 Å². The van der Waals surface area contributed by atoms with Gasteiger partial charge in [-0.1, -0.05) is 12.1 Å². The average molecular weight is 248 g/mol. The molecule has 1 aromatic rings. The Morgan fingerprint density at radius 3 is 2.56 bits per heavy atom. The molecule has 1 saturated heterocycles. The van der Waals surface area contributed by atoms with Crippen molar-refractivity contribution < 1.29 is 4.74 Å². The van der Waals surface area contributed by atoms with Gasteiger partial charge >= 0.3 is 0 Å². The number of ether oxygens (including phenoxy) is 1. The summed E-state index contributed by atoms with van der Waals surface area (Å²) in [5.41, 5.74) is 2.61. The maximum absolute atomic E-state index is 5.76. The topological polar surface area (TPSA) is 24.5 Å². The zero-order valence-electron chi connectivity index (χ0n) is 11.7. The summed E-state index contributed by atoms with van der Waals surface area (Å²) in [6, 6.07) is 8.68. The van der Waals surface area contributed by atoms with E-state index in [0.717, 1.165) is 19.7 Å². The molecule has 1 unspecified atom stereocenters. The first-order valence-electron chi connectivity index (χ1n) is 6.70. The van der Waals surface area contributed by atoms with Crippen LogP contribution in [0.25, 0.3) is 0 Å². The summed E-state index contributed by atoms with van der Waals surface area (Å²) in [6.07, 6.45) is 2.36. The van der Waals surface area contributed by atoms with Gasteiger partial charge < -0.3 is 15.0 Å². The largest absolute Gasteiger partial charge is 0.378 e. The van der Waals surface area contributed by atoms with Crippen LogP contribution in [0.3, 0.4) is 0 Å². The van der Waals surface area contributed by atoms with Crippen LogP contribution in [0.1, 0.15) is 25.3 Å². The van der Waals surface area contributed by atoms with Gasteiger partial charge in [0.05, 0.1) is 5.60 Å². The van der Waals surface area contributed by atoms with Crippen molar-refractivity contribution in [2.45, 2.75) is 31.9 Å². The van der Waals surface area contributed by atoms with Crippen LogP contribution in [-0.4, -0.2) is 32.8 Å². The third-order valence-electron chi connectivity index (χ3n) is 3.58. The van der Waals surface area contributed by atoms with Crippen LogP contribution in [0.15, 0.2) is 24.3 Å². The van der Waals surface area contributed by atoms with Crippen LogP contribution in [0.4, 0.5) is 5.69 Å². The second-order valence-corrected chi connectivity index (χ2v) is 5.57. The van der Waals surface area contributed by atoms with Crippen LogP contribution in [-0.2, 0) is 11.3 Å². The molecule has 1 aromatic carbocycles. The quantitative estimate of drug-likeness (QED) is 0.866. The lowest BCUT2D eigenvalue weighted by Gasteiger charge is -2.23. The smallest absolute Gasteiger partial charge is 0.0779 e. The summed E-state index contributed by atoms with van der Waals surface area (Å²) in [7, 11) is 4.12. The fraction of sp³-hybridized carbons (Fsp3) is 0.600. The SMILES string of the molecule is CN(C)c1ccc(CNCC2(C)CCCO2)cc1. The first-order valence-corrected chi connectivity index (χ1v) is 6.70. The molecule has 3 heteroatoms. The highest BCUT2D eigenvalue weighted by Crippen LogP contribution is 2.24. The third-order valence-corrected chi connectivity index (χ3v) is 3.58. The van der Waals surface area contributed by atoms with Crippen LogP contribution in [0.2, 0.25) is 0 Å². The fourth-order valence-electron chi connectivity index (χ4n) is 2.36. The van der Waals surface area contributed by atoms with Gasteiger partial charge in [-0.15, -0.1) is 0 Å². The third kappa shape index (κ3) is 3.47. The zero-order chi connectivity index (χ0) is 13.0. The van der Waals surface area contributed by atoms with Crippen molar-refractivity contribution in [3.05, 3.63) is 29.8 Å². The summed E-state index contributed by atoms with van der Waals surface area (Å²) in [5.74, 6) is 0. The molecule has 1 aliphatic rings. The summed E-state index contributed by atoms with van der Waals surface area (Å²) in [4.78, 5) is 2.12. The molecule has 0 saturated carbocycles. The van der Waals surface area contributed by atoms with E-state index < -0.39 is 0 Å². The molecule has 2 rings (SSSR count). The molecule has 1 N–H and O–H groups in total. The molecule has 18 heavy (non-hydrogen) atoms. The molecule has 1 aliphatic heterocycles. The van der Waals surface area contributed by atoms with Gasteiger partial charge in [0.2, 0.25) is 0 Å². The number of hydrogen-bond donors (Lipinski definition) is 1. The van der Waals surface area contributed by atoms with Crippen LogP contribution < -0.4 is 10.2 Å². The fourth-order valence-corrected chi connectivity index (χ4v) is 2.36. The molecule has 0 bridgehead atoms. The maximum Gasteiger partial charge on any atom is 0.0779 e. The van der Waals surface area contributed by atoms with Crippen molar-refractivity contribution in [3.63, 3.8) is 0 Å². The van der Waals surface area contributed by atoms with Crippen molar-refractivity contribution in [2.24, 2.45) is 0 Å². The van der Waals surface area contributed by atoms with E-state index in [-0.39, 0.29) is 5.60 Å². The minimum atomic E-state index is 0.0452. The summed E-state index contributed by atoms with van der Waals surface area (Å²) < 4.78 is 5.76. The molecular weight excluding hydrogens is 224 g/mol. The molecule has 0 spiro atoms. The Hall–Kier alpha value is -1.06. The minimum absolute atomic E-state index is 0.0452. The molecule has 100 valence electrons. The lowest BCUT2D eigenvalue weighted by molar-refractivity contribution is 0.0207. The van der Waals surface area contributed by atoms with E-state index in [2.05, 4.69) is 55.5 Å². The molecule has 0 radical (unpaired) electrons. The van der Waals surface area contributed by atoms with Crippen molar-refractivity contribution in [1.29, 1.82) is 0 Å².